The summed E-state index contributed by atoms with van der Waals surface area (Å²) in [4.78, 5) is 13.3. The number of nitriles is 1. The Morgan fingerprint density at radius 3 is 2.83 bits per heavy atom. The SMILES string of the molecule is CO[C@@H]1CN(c2ccnc(NCC3(C#N)CC3)n2)C[C@@H]1N(C)C. The highest BCUT2D eigenvalue weighted by Gasteiger charge is 2.43. The topological polar surface area (TPSA) is 77.3 Å². The average Bonchev–Trinajstić information content (AvgIpc) is 3.22. The van der Waals surface area contributed by atoms with E-state index in [1.165, 1.54) is 0 Å². The number of methoxy groups -OCH3 is 1. The fraction of sp³-hybridized carbons (Fsp3) is 0.688. The molecule has 1 aromatic rings. The summed E-state index contributed by atoms with van der Waals surface area (Å²) in [6.07, 6.45) is 3.86. The lowest BCUT2D eigenvalue weighted by molar-refractivity contribution is 0.0639. The molecule has 23 heavy (non-hydrogen) atoms. The van der Waals surface area contributed by atoms with Crippen LogP contribution in [0.5, 0.6) is 0 Å². The minimum absolute atomic E-state index is 0.171. The zero-order valence-electron chi connectivity index (χ0n) is 14.0. The van der Waals surface area contributed by atoms with Gasteiger partial charge in [0.15, 0.2) is 0 Å². The van der Waals surface area contributed by atoms with Gasteiger partial charge in [0.25, 0.3) is 0 Å². The Labute approximate surface area is 137 Å². The van der Waals surface area contributed by atoms with E-state index >= 15 is 0 Å². The quantitative estimate of drug-likeness (QED) is 0.837. The van der Waals surface area contributed by atoms with E-state index in [0.717, 1.165) is 31.7 Å². The fourth-order valence-electron chi connectivity index (χ4n) is 3.01. The van der Waals surface area contributed by atoms with Crippen LogP contribution >= 0.6 is 0 Å². The molecule has 0 radical (unpaired) electrons. The van der Waals surface area contributed by atoms with Crippen molar-refractivity contribution >= 4 is 11.8 Å². The smallest absolute Gasteiger partial charge is 0.224 e. The molecular formula is C16H24N6O. The maximum absolute atomic E-state index is 9.14. The van der Waals surface area contributed by atoms with E-state index in [4.69, 9.17) is 10.00 Å². The van der Waals surface area contributed by atoms with Crippen molar-refractivity contribution in [3.05, 3.63) is 12.3 Å². The maximum Gasteiger partial charge on any atom is 0.224 e. The van der Waals surface area contributed by atoms with Crippen molar-refractivity contribution in [1.82, 2.24) is 14.9 Å². The maximum atomic E-state index is 9.14. The zero-order valence-corrected chi connectivity index (χ0v) is 14.0. The molecule has 2 heterocycles. The summed E-state index contributed by atoms with van der Waals surface area (Å²) in [5, 5.41) is 12.3. The predicted octanol–water partition coefficient (Wildman–Crippen LogP) is 0.957. The molecule has 1 aliphatic carbocycles. The number of anilines is 2. The van der Waals surface area contributed by atoms with Crippen LogP contribution in [0.3, 0.4) is 0 Å². The summed E-state index contributed by atoms with van der Waals surface area (Å²) in [5.74, 6) is 1.49. The number of likely N-dealkylation sites (N-methyl/N-ethyl adjacent to an activating group) is 1. The van der Waals surface area contributed by atoms with Gasteiger partial charge in [-0.25, -0.2) is 4.98 Å². The molecule has 0 amide bonds. The van der Waals surface area contributed by atoms with E-state index < -0.39 is 0 Å². The third-order valence-corrected chi connectivity index (χ3v) is 4.84. The van der Waals surface area contributed by atoms with Crippen molar-refractivity contribution in [2.75, 3.05) is 51.1 Å². The van der Waals surface area contributed by atoms with E-state index in [2.05, 4.69) is 45.2 Å². The van der Waals surface area contributed by atoms with Crippen molar-refractivity contribution < 1.29 is 4.74 Å². The second kappa shape index (κ2) is 6.30. The van der Waals surface area contributed by atoms with E-state index in [-0.39, 0.29) is 11.5 Å². The number of rotatable bonds is 6. The first-order valence-electron chi connectivity index (χ1n) is 7.99. The lowest BCUT2D eigenvalue weighted by Gasteiger charge is -2.23. The highest BCUT2D eigenvalue weighted by molar-refractivity contribution is 5.44. The highest BCUT2D eigenvalue weighted by Crippen LogP contribution is 2.44. The number of nitrogens with zero attached hydrogens (tertiary/aromatic N) is 5. The van der Waals surface area contributed by atoms with Gasteiger partial charge in [0, 0.05) is 32.9 Å². The third kappa shape index (κ3) is 3.38. The van der Waals surface area contributed by atoms with Crippen LogP contribution in [0.25, 0.3) is 0 Å². The van der Waals surface area contributed by atoms with Crippen molar-refractivity contribution in [2.24, 2.45) is 5.41 Å². The Morgan fingerprint density at radius 1 is 1.48 bits per heavy atom. The summed E-state index contributed by atoms with van der Waals surface area (Å²) in [7, 11) is 5.91. The summed E-state index contributed by atoms with van der Waals surface area (Å²) < 4.78 is 5.60. The second-order valence-electron chi connectivity index (χ2n) is 6.69. The molecule has 0 bridgehead atoms. The molecule has 1 aliphatic heterocycles. The molecule has 0 aromatic carbocycles. The second-order valence-corrected chi connectivity index (χ2v) is 6.69. The number of hydrogen-bond donors (Lipinski definition) is 1. The van der Waals surface area contributed by atoms with Crippen LogP contribution in [-0.2, 0) is 4.74 Å². The van der Waals surface area contributed by atoms with E-state index in [9.17, 15) is 0 Å². The van der Waals surface area contributed by atoms with Crippen molar-refractivity contribution in [2.45, 2.75) is 25.0 Å². The summed E-state index contributed by atoms with van der Waals surface area (Å²) in [6, 6.07) is 4.64. The largest absolute Gasteiger partial charge is 0.378 e. The van der Waals surface area contributed by atoms with Gasteiger partial charge in [0.05, 0.1) is 23.6 Å². The van der Waals surface area contributed by atoms with E-state index in [0.29, 0.717) is 18.5 Å². The summed E-state index contributed by atoms with van der Waals surface area (Å²) in [5.41, 5.74) is -0.204. The monoisotopic (exact) mass is 316 g/mol. The van der Waals surface area contributed by atoms with Crippen LogP contribution in [0, 0.1) is 16.7 Å². The van der Waals surface area contributed by atoms with Gasteiger partial charge in [-0.1, -0.05) is 0 Å². The minimum atomic E-state index is -0.204. The lowest BCUT2D eigenvalue weighted by atomic mass is 10.1. The zero-order chi connectivity index (χ0) is 16.4. The average molecular weight is 316 g/mol. The molecule has 1 N–H and O–H groups in total. The van der Waals surface area contributed by atoms with Gasteiger partial charge >= 0.3 is 0 Å². The first kappa shape index (κ1) is 16.0. The first-order valence-corrected chi connectivity index (χ1v) is 7.99. The molecule has 1 saturated heterocycles. The fourth-order valence-corrected chi connectivity index (χ4v) is 3.01. The minimum Gasteiger partial charge on any atom is -0.378 e. The van der Waals surface area contributed by atoms with Crippen LogP contribution in [0.2, 0.25) is 0 Å². The van der Waals surface area contributed by atoms with Gasteiger partial charge in [-0.05, 0) is 33.0 Å². The van der Waals surface area contributed by atoms with Crippen LogP contribution in [0.1, 0.15) is 12.8 Å². The van der Waals surface area contributed by atoms with Crippen LogP contribution in [-0.4, -0.2) is 67.9 Å². The van der Waals surface area contributed by atoms with Crippen molar-refractivity contribution in [3.8, 4) is 6.07 Å². The number of nitrogens with one attached hydrogen (secondary N) is 1. The Hall–Kier alpha value is -1.91. The Bertz CT molecular complexity index is 594. The predicted molar refractivity (Wildman–Crippen MR) is 88.3 cm³/mol. The number of hydrogen-bond acceptors (Lipinski definition) is 7. The molecule has 2 aliphatic rings. The van der Waals surface area contributed by atoms with Gasteiger partial charge in [0.1, 0.15) is 5.82 Å². The van der Waals surface area contributed by atoms with E-state index in [1.807, 2.05) is 6.07 Å². The normalized spacial score (nSPS) is 25.4. The number of aromatic nitrogens is 2. The van der Waals surface area contributed by atoms with Gasteiger partial charge in [-0.3, -0.25) is 0 Å². The molecule has 3 rings (SSSR count). The van der Waals surface area contributed by atoms with Crippen LogP contribution in [0.4, 0.5) is 11.8 Å². The Kier molecular flexibility index (Phi) is 4.37. The molecule has 7 heteroatoms. The highest BCUT2D eigenvalue weighted by atomic mass is 16.5. The van der Waals surface area contributed by atoms with Gasteiger partial charge in [-0.2, -0.15) is 10.2 Å². The molecule has 0 unspecified atom stereocenters. The van der Waals surface area contributed by atoms with Crippen LogP contribution < -0.4 is 10.2 Å². The molecule has 1 saturated carbocycles. The third-order valence-electron chi connectivity index (χ3n) is 4.84. The van der Waals surface area contributed by atoms with Gasteiger partial charge in [-0.15, -0.1) is 0 Å². The Morgan fingerprint density at radius 2 is 2.26 bits per heavy atom. The van der Waals surface area contributed by atoms with Crippen LogP contribution in [0.15, 0.2) is 12.3 Å². The lowest BCUT2D eigenvalue weighted by Crippen LogP contribution is -2.39. The van der Waals surface area contributed by atoms with Crippen molar-refractivity contribution in [3.63, 3.8) is 0 Å². The summed E-state index contributed by atoms with van der Waals surface area (Å²) >= 11 is 0. The van der Waals surface area contributed by atoms with Crippen molar-refractivity contribution in [1.29, 1.82) is 5.26 Å². The Balaban J connectivity index is 1.67. The summed E-state index contributed by atoms with van der Waals surface area (Å²) in [6.45, 7) is 2.32. The number of ether oxygens (including phenoxy) is 1. The molecule has 7 nitrogen and oxygen atoms in total. The van der Waals surface area contributed by atoms with E-state index in [1.54, 1.807) is 13.3 Å². The molecule has 1 aromatic heterocycles. The molecule has 2 atom stereocenters. The van der Waals surface area contributed by atoms with Gasteiger partial charge in [0.2, 0.25) is 5.95 Å². The molecule has 2 fully saturated rings. The van der Waals surface area contributed by atoms with Gasteiger partial charge < -0.3 is 19.9 Å². The molecular weight excluding hydrogens is 292 g/mol. The molecule has 124 valence electrons. The standard InChI is InChI=1S/C16H24N6O/c1-21(2)12-8-22(9-13(12)23-3)14-4-7-18-15(20-14)19-11-16(10-17)5-6-16/h4,7,12-13H,5-6,8-9,11H2,1-3H3,(H,18,19,20)/t12-,13+/m0/s1. The molecule has 0 spiro atoms. The first-order chi connectivity index (χ1) is 11.1.